The molecule has 0 saturated carbocycles. The molecule has 0 aliphatic carbocycles. The zero-order valence-corrected chi connectivity index (χ0v) is 6.89. The third-order valence-corrected chi connectivity index (χ3v) is 3.58. The molecule has 1 rings (SSSR count). The number of nitriles is 1. The highest BCUT2D eigenvalue weighted by Gasteiger charge is 2.21. The van der Waals surface area contributed by atoms with Crippen molar-refractivity contribution in [2.45, 2.75) is 19.3 Å². The topological polar surface area (TPSA) is 57.9 Å². The molecule has 0 bridgehead atoms. The van der Waals surface area contributed by atoms with Gasteiger partial charge in [-0.3, -0.25) is 0 Å². The molecule has 0 N–H and O–H groups in total. The zero-order valence-electron chi connectivity index (χ0n) is 6.08. The molecule has 0 fully saturated rings. The van der Waals surface area contributed by atoms with Crippen molar-refractivity contribution in [2.75, 3.05) is 5.75 Å². The Hall–Kier alpha value is -0.820. The molecule has 1 heterocycles. The largest absolute Gasteiger partial charge is 0.224 e. The van der Waals surface area contributed by atoms with E-state index in [1.165, 1.54) is 0 Å². The van der Waals surface area contributed by atoms with Gasteiger partial charge in [0.05, 0.1) is 11.8 Å². The second kappa shape index (κ2) is 3.05. The highest BCUT2D eigenvalue weighted by molar-refractivity contribution is 7.95. The number of rotatable bonds is 2. The van der Waals surface area contributed by atoms with Crippen LogP contribution >= 0.6 is 0 Å². The lowest BCUT2D eigenvalue weighted by Gasteiger charge is -1.96. The van der Waals surface area contributed by atoms with E-state index in [0.29, 0.717) is 24.2 Å². The maximum Gasteiger partial charge on any atom is 0.174 e. The van der Waals surface area contributed by atoms with Crippen LogP contribution in [-0.4, -0.2) is 14.2 Å². The van der Waals surface area contributed by atoms with Gasteiger partial charge in [-0.05, 0) is 12.8 Å². The fraction of sp³-hybridized carbons (Fsp3) is 0.571. The number of nitrogens with zero attached hydrogens (tertiary/aromatic N) is 1. The van der Waals surface area contributed by atoms with Crippen molar-refractivity contribution >= 4 is 9.84 Å². The Labute approximate surface area is 66.3 Å². The molecular weight excluding hydrogens is 162 g/mol. The molecule has 0 radical (unpaired) electrons. The van der Waals surface area contributed by atoms with Crippen molar-refractivity contribution < 1.29 is 8.42 Å². The lowest BCUT2D eigenvalue weighted by molar-refractivity contribution is 0.603. The average Bonchev–Trinajstić information content (AvgIpc) is 2.25. The second-order valence-corrected chi connectivity index (χ2v) is 4.60. The molecule has 0 amide bonds. The van der Waals surface area contributed by atoms with E-state index in [4.69, 9.17) is 5.26 Å². The quantitative estimate of drug-likeness (QED) is 0.622. The summed E-state index contributed by atoms with van der Waals surface area (Å²) in [4.78, 5) is 0.457. The summed E-state index contributed by atoms with van der Waals surface area (Å²) in [5, 5.41) is 8.22. The van der Waals surface area contributed by atoms with Gasteiger partial charge in [0.2, 0.25) is 0 Å². The van der Waals surface area contributed by atoms with Crippen LogP contribution in [0.4, 0.5) is 0 Å². The summed E-state index contributed by atoms with van der Waals surface area (Å²) in [6.45, 7) is 0. The van der Waals surface area contributed by atoms with Crippen molar-refractivity contribution in [1.82, 2.24) is 0 Å². The number of hydrogen-bond donors (Lipinski definition) is 0. The molecule has 1 aliphatic rings. The maximum absolute atomic E-state index is 11.1. The summed E-state index contributed by atoms with van der Waals surface area (Å²) in [6.07, 6.45) is 3.01. The maximum atomic E-state index is 11.1. The Balaban J connectivity index is 2.67. The minimum atomic E-state index is -2.95. The standard InChI is InChI=1S/C7H9NO2S/c8-5-1-3-7-4-2-6-11(7,9)10/h4H,1-3,6H2. The third kappa shape index (κ3) is 1.81. The normalized spacial score (nSPS) is 20.8. The summed E-state index contributed by atoms with van der Waals surface area (Å²) < 4.78 is 22.2. The summed E-state index contributed by atoms with van der Waals surface area (Å²) in [5.74, 6) is 0.230. The SMILES string of the molecule is N#CCCC1=CCCS1(=O)=O. The van der Waals surface area contributed by atoms with Gasteiger partial charge in [-0.1, -0.05) is 6.08 Å². The zero-order chi connectivity index (χ0) is 8.32. The van der Waals surface area contributed by atoms with Crippen LogP contribution in [0.15, 0.2) is 11.0 Å². The fourth-order valence-electron chi connectivity index (χ4n) is 1.07. The molecule has 4 heteroatoms. The molecule has 11 heavy (non-hydrogen) atoms. The molecule has 0 aromatic heterocycles. The summed E-state index contributed by atoms with van der Waals surface area (Å²) in [5.41, 5.74) is 0. The van der Waals surface area contributed by atoms with Crippen LogP contribution in [0.2, 0.25) is 0 Å². The van der Waals surface area contributed by atoms with Crippen molar-refractivity contribution in [3.8, 4) is 6.07 Å². The lowest BCUT2D eigenvalue weighted by atomic mass is 10.3. The fourth-order valence-corrected chi connectivity index (χ4v) is 2.54. The average molecular weight is 171 g/mol. The minimum Gasteiger partial charge on any atom is -0.224 e. The van der Waals surface area contributed by atoms with Gasteiger partial charge in [0.15, 0.2) is 9.84 Å². The highest BCUT2D eigenvalue weighted by Crippen LogP contribution is 2.21. The van der Waals surface area contributed by atoms with E-state index in [2.05, 4.69) is 0 Å². The van der Waals surface area contributed by atoms with Crippen LogP contribution in [0.25, 0.3) is 0 Å². The molecule has 3 nitrogen and oxygen atoms in total. The smallest absolute Gasteiger partial charge is 0.174 e. The first-order chi connectivity index (χ1) is 5.17. The predicted molar refractivity (Wildman–Crippen MR) is 41.3 cm³/mol. The van der Waals surface area contributed by atoms with Crippen LogP contribution in [0.1, 0.15) is 19.3 Å². The van der Waals surface area contributed by atoms with Crippen molar-refractivity contribution in [3.05, 3.63) is 11.0 Å². The number of allylic oxidation sites excluding steroid dienone is 2. The summed E-state index contributed by atoms with van der Waals surface area (Å²) in [7, 11) is -2.95. The van der Waals surface area contributed by atoms with Crippen molar-refractivity contribution in [2.24, 2.45) is 0 Å². The molecule has 60 valence electrons. The van der Waals surface area contributed by atoms with Gasteiger partial charge in [-0.25, -0.2) is 8.42 Å². The molecule has 0 unspecified atom stereocenters. The second-order valence-electron chi connectivity index (χ2n) is 2.44. The van der Waals surface area contributed by atoms with E-state index in [1.54, 1.807) is 6.08 Å². The first kappa shape index (κ1) is 8.28. The Kier molecular flexibility index (Phi) is 2.30. The van der Waals surface area contributed by atoms with Gasteiger partial charge in [0.25, 0.3) is 0 Å². The van der Waals surface area contributed by atoms with Gasteiger partial charge in [0.1, 0.15) is 0 Å². The summed E-state index contributed by atoms with van der Waals surface area (Å²) >= 11 is 0. The predicted octanol–water partition coefficient (Wildman–Crippen LogP) is 0.993. The molecule has 0 saturated heterocycles. The van der Waals surface area contributed by atoms with Crippen molar-refractivity contribution in [1.29, 1.82) is 5.26 Å². The molecule has 0 spiro atoms. The van der Waals surface area contributed by atoms with Crippen LogP contribution in [0.5, 0.6) is 0 Å². The van der Waals surface area contributed by atoms with Crippen LogP contribution in [0.3, 0.4) is 0 Å². The van der Waals surface area contributed by atoms with Gasteiger partial charge in [-0.15, -0.1) is 0 Å². The lowest BCUT2D eigenvalue weighted by Crippen LogP contribution is -2.01. The number of hydrogen-bond acceptors (Lipinski definition) is 3. The van der Waals surface area contributed by atoms with Gasteiger partial charge in [0, 0.05) is 11.3 Å². The van der Waals surface area contributed by atoms with Gasteiger partial charge >= 0.3 is 0 Å². The highest BCUT2D eigenvalue weighted by atomic mass is 32.2. The Morgan fingerprint density at radius 1 is 1.64 bits per heavy atom. The Morgan fingerprint density at radius 3 is 2.82 bits per heavy atom. The number of sulfone groups is 1. The molecular formula is C7H9NO2S. The van der Waals surface area contributed by atoms with E-state index < -0.39 is 9.84 Å². The van der Waals surface area contributed by atoms with E-state index in [0.717, 1.165) is 0 Å². The van der Waals surface area contributed by atoms with Gasteiger partial charge < -0.3 is 0 Å². The molecule has 0 aromatic rings. The third-order valence-electron chi connectivity index (χ3n) is 1.64. The van der Waals surface area contributed by atoms with Crippen LogP contribution < -0.4 is 0 Å². The van der Waals surface area contributed by atoms with E-state index >= 15 is 0 Å². The molecule has 0 atom stereocenters. The Bertz CT molecular complexity index is 308. The van der Waals surface area contributed by atoms with Crippen LogP contribution in [0, 0.1) is 11.3 Å². The van der Waals surface area contributed by atoms with E-state index in [-0.39, 0.29) is 5.75 Å². The van der Waals surface area contributed by atoms with Crippen LogP contribution in [-0.2, 0) is 9.84 Å². The van der Waals surface area contributed by atoms with E-state index in [9.17, 15) is 8.42 Å². The van der Waals surface area contributed by atoms with E-state index in [1.807, 2.05) is 6.07 Å². The molecule has 0 aromatic carbocycles. The molecule has 1 aliphatic heterocycles. The summed E-state index contributed by atoms with van der Waals surface area (Å²) in [6, 6.07) is 1.93. The minimum absolute atomic E-state index is 0.230. The first-order valence-electron chi connectivity index (χ1n) is 3.45. The van der Waals surface area contributed by atoms with Crippen molar-refractivity contribution in [3.63, 3.8) is 0 Å². The first-order valence-corrected chi connectivity index (χ1v) is 5.11. The Morgan fingerprint density at radius 2 is 2.36 bits per heavy atom. The van der Waals surface area contributed by atoms with Gasteiger partial charge in [-0.2, -0.15) is 5.26 Å². The monoisotopic (exact) mass is 171 g/mol.